The highest BCUT2D eigenvalue weighted by molar-refractivity contribution is 6.01. The van der Waals surface area contributed by atoms with Gasteiger partial charge in [-0.2, -0.15) is 0 Å². The van der Waals surface area contributed by atoms with Gasteiger partial charge in [0.15, 0.2) is 0 Å². The lowest BCUT2D eigenvalue weighted by atomic mass is 10.1. The molecule has 0 bridgehead atoms. The third-order valence-electron chi connectivity index (χ3n) is 5.90. The molecule has 35 heavy (non-hydrogen) atoms. The monoisotopic (exact) mass is 470 g/mol. The van der Waals surface area contributed by atoms with E-state index in [9.17, 15) is 0 Å². The summed E-state index contributed by atoms with van der Waals surface area (Å²) in [4.78, 5) is 5.70. The average molecular weight is 471 g/mol. The van der Waals surface area contributed by atoms with Crippen LogP contribution in [0.3, 0.4) is 0 Å². The van der Waals surface area contributed by atoms with Crippen LogP contribution >= 0.6 is 0 Å². The van der Waals surface area contributed by atoms with Crippen molar-refractivity contribution in [2.45, 2.75) is 20.5 Å². The summed E-state index contributed by atoms with van der Waals surface area (Å²) in [5.41, 5.74) is 6.94. The van der Waals surface area contributed by atoms with Crippen molar-refractivity contribution in [3.63, 3.8) is 0 Å². The Hall–Kier alpha value is -4.19. The van der Waals surface area contributed by atoms with E-state index in [1.807, 2.05) is 73.7 Å². The third kappa shape index (κ3) is 5.32. The van der Waals surface area contributed by atoms with Crippen LogP contribution in [0.5, 0.6) is 17.2 Å². The molecule has 1 aromatic heterocycles. The quantitative estimate of drug-likeness (QED) is 0.209. The predicted molar refractivity (Wildman–Crippen MR) is 139 cm³/mol. The summed E-state index contributed by atoms with van der Waals surface area (Å²) in [6.45, 7) is 4.40. The Balaban J connectivity index is 1.71. The molecule has 0 saturated heterocycles. The predicted octanol–water partition coefficient (Wildman–Crippen LogP) is 6.42. The van der Waals surface area contributed by atoms with Crippen LogP contribution in [0, 0.1) is 6.92 Å². The Labute approximate surface area is 206 Å². The highest BCUT2D eigenvalue weighted by Gasteiger charge is 2.17. The molecular weight excluding hydrogens is 440 g/mol. The molecule has 0 aliphatic carbocycles. The first-order valence-corrected chi connectivity index (χ1v) is 11.3. The van der Waals surface area contributed by atoms with Crippen LogP contribution in [0.15, 0.2) is 84.0 Å². The number of nitrogens with zero attached hydrogens (tertiary/aromatic N) is 2. The lowest BCUT2D eigenvalue weighted by Crippen LogP contribution is -2.03. The van der Waals surface area contributed by atoms with E-state index in [0.717, 1.165) is 56.7 Å². The van der Waals surface area contributed by atoms with Crippen molar-refractivity contribution in [2.24, 2.45) is 5.16 Å². The molecule has 3 aromatic carbocycles. The van der Waals surface area contributed by atoms with E-state index in [0.29, 0.717) is 6.61 Å². The van der Waals surface area contributed by atoms with Crippen molar-refractivity contribution in [1.82, 2.24) is 4.57 Å². The van der Waals surface area contributed by atoms with Gasteiger partial charge >= 0.3 is 0 Å². The smallest absolute Gasteiger partial charge is 0.142 e. The molecule has 0 spiro atoms. The number of ether oxygens (including phenoxy) is 3. The summed E-state index contributed by atoms with van der Waals surface area (Å²) < 4.78 is 18.3. The number of benzene rings is 3. The van der Waals surface area contributed by atoms with E-state index in [-0.39, 0.29) is 0 Å². The second-order valence-electron chi connectivity index (χ2n) is 8.10. The van der Waals surface area contributed by atoms with E-state index >= 15 is 0 Å². The molecule has 1 heterocycles. The summed E-state index contributed by atoms with van der Waals surface area (Å²) in [6.07, 6.45) is 0. The van der Waals surface area contributed by atoms with Gasteiger partial charge in [0, 0.05) is 22.5 Å². The lowest BCUT2D eigenvalue weighted by Gasteiger charge is -2.13. The Kier molecular flexibility index (Phi) is 7.41. The Morgan fingerprint density at radius 3 is 2.11 bits per heavy atom. The topological polar surface area (TPSA) is 54.2 Å². The van der Waals surface area contributed by atoms with Crippen molar-refractivity contribution in [1.29, 1.82) is 0 Å². The molecule has 0 amide bonds. The number of rotatable bonds is 9. The van der Waals surface area contributed by atoms with Gasteiger partial charge in [-0.25, -0.2) is 0 Å². The van der Waals surface area contributed by atoms with Crippen LogP contribution in [-0.4, -0.2) is 31.6 Å². The molecule has 6 heteroatoms. The van der Waals surface area contributed by atoms with Gasteiger partial charge in [0.05, 0.1) is 32.7 Å². The van der Waals surface area contributed by atoms with Crippen molar-refractivity contribution < 1.29 is 19.0 Å². The minimum Gasteiger partial charge on any atom is -0.497 e. The largest absolute Gasteiger partial charge is 0.497 e. The van der Waals surface area contributed by atoms with Gasteiger partial charge < -0.3 is 23.6 Å². The van der Waals surface area contributed by atoms with Gasteiger partial charge in [0.25, 0.3) is 0 Å². The van der Waals surface area contributed by atoms with Crippen LogP contribution in [0.25, 0.3) is 16.9 Å². The second kappa shape index (κ2) is 10.8. The first kappa shape index (κ1) is 24.0. The fourth-order valence-electron chi connectivity index (χ4n) is 4.05. The van der Waals surface area contributed by atoms with Crippen LogP contribution in [0.4, 0.5) is 0 Å². The Bertz CT molecular complexity index is 1320. The van der Waals surface area contributed by atoms with Crippen molar-refractivity contribution in [3.8, 4) is 34.2 Å². The maximum Gasteiger partial charge on any atom is 0.142 e. The highest BCUT2D eigenvalue weighted by atomic mass is 16.6. The molecule has 0 saturated carbocycles. The molecule has 0 fully saturated rings. The summed E-state index contributed by atoms with van der Waals surface area (Å²) >= 11 is 0. The van der Waals surface area contributed by atoms with Gasteiger partial charge in [0.2, 0.25) is 0 Å². The maximum absolute atomic E-state index is 5.70. The molecular formula is C29H30N2O4. The summed E-state index contributed by atoms with van der Waals surface area (Å²) in [5.74, 6) is 2.41. The summed E-state index contributed by atoms with van der Waals surface area (Å²) in [5, 5.41) is 4.43. The van der Waals surface area contributed by atoms with Crippen LogP contribution in [0.1, 0.15) is 23.7 Å². The normalized spacial score (nSPS) is 11.3. The van der Waals surface area contributed by atoms with Gasteiger partial charge in [0.1, 0.15) is 23.9 Å². The molecule has 4 aromatic rings. The van der Waals surface area contributed by atoms with Crippen molar-refractivity contribution in [2.75, 3.05) is 21.3 Å². The van der Waals surface area contributed by atoms with Crippen LogP contribution in [-0.2, 0) is 11.4 Å². The molecule has 0 radical (unpaired) electrons. The molecule has 4 rings (SSSR count). The first-order valence-electron chi connectivity index (χ1n) is 11.3. The third-order valence-corrected chi connectivity index (χ3v) is 5.90. The van der Waals surface area contributed by atoms with Gasteiger partial charge in [-0.1, -0.05) is 29.4 Å². The van der Waals surface area contributed by atoms with E-state index in [1.54, 1.807) is 21.3 Å². The molecule has 0 unspecified atom stereocenters. The molecule has 0 aliphatic heterocycles. The zero-order valence-corrected chi connectivity index (χ0v) is 20.7. The fraction of sp³-hybridized carbons (Fsp3) is 0.207. The summed E-state index contributed by atoms with van der Waals surface area (Å²) in [7, 11) is 4.99. The zero-order chi connectivity index (χ0) is 24.8. The van der Waals surface area contributed by atoms with Gasteiger partial charge in [-0.05, 0) is 74.0 Å². The van der Waals surface area contributed by atoms with E-state index < -0.39 is 0 Å². The second-order valence-corrected chi connectivity index (χ2v) is 8.10. The van der Waals surface area contributed by atoms with E-state index in [4.69, 9.17) is 19.0 Å². The number of aromatic nitrogens is 1. The molecule has 180 valence electrons. The minimum atomic E-state index is 0.357. The van der Waals surface area contributed by atoms with Crippen molar-refractivity contribution in [3.05, 3.63) is 95.7 Å². The number of oxime groups is 1. The SMILES string of the molecule is COc1ccc(-n2c(-c3cccc(OC)c3)cc(C(C)=NOCc3cccc(OC)c3)c2C)cc1. The van der Waals surface area contributed by atoms with Crippen LogP contribution in [0.2, 0.25) is 0 Å². The van der Waals surface area contributed by atoms with E-state index in [2.05, 4.69) is 28.8 Å². The van der Waals surface area contributed by atoms with Gasteiger partial charge in [-0.3, -0.25) is 0 Å². The highest BCUT2D eigenvalue weighted by Crippen LogP contribution is 2.32. The van der Waals surface area contributed by atoms with Gasteiger partial charge in [-0.15, -0.1) is 0 Å². The summed E-state index contributed by atoms with van der Waals surface area (Å²) in [6, 6.07) is 26.0. The number of hydrogen-bond donors (Lipinski definition) is 0. The minimum absolute atomic E-state index is 0.357. The fourth-order valence-corrected chi connectivity index (χ4v) is 4.05. The maximum atomic E-state index is 5.70. The first-order chi connectivity index (χ1) is 17.0. The lowest BCUT2D eigenvalue weighted by molar-refractivity contribution is 0.130. The Morgan fingerprint density at radius 1 is 0.771 bits per heavy atom. The van der Waals surface area contributed by atoms with Crippen LogP contribution < -0.4 is 14.2 Å². The number of methoxy groups -OCH3 is 3. The van der Waals surface area contributed by atoms with E-state index in [1.165, 1.54) is 0 Å². The molecule has 0 atom stereocenters. The molecule has 6 nitrogen and oxygen atoms in total. The Morgan fingerprint density at radius 2 is 1.43 bits per heavy atom. The average Bonchev–Trinajstić information content (AvgIpc) is 3.25. The molecule has 0 aliphatic rings. The van der Waals surface area contributed by atoms with Crippen molar-refractivity contribution >= 4 is 5.71 Å². The number of hydrogen-bond acceptors (Lipinski definition) is 5. The zero-order valence-electron chi connectivity index (χ0n) is 20.7. The molecule has 0 N–H and O–H groups in total. The standard InChI is InChI=1S/C29H30N2O4/c1-20(30-35-19-22-8-6-10-26(16-22)33-4)28-18-29(23-9-7-11-27(17-23)34-5)31(21(28)2)24-12-14-25(32-3)15-13-24/h6-18H,19H2,1-5H3.